The first kappa shape index (κ1) is 22.8. The van der Waals surface area contributed by atoms with Gasteiger partial charge in [-0.1, -0.05) is 0 Å². The molecule has 3 saturated heterocycles. The molecule has 2 aromatic heterocycles. The molecule has 0 spiro atoms. The molecule has 180 valence electrons. The van der Waals surface area contributed by atoms with Crippen LogP contribution in [0.4, 0.5) is 11.8 Å². The van der Waals surface area contributed by atoms with Gasteiger partial charge in [-0.05, 0) is 43.2 Å². The van der Waals surface area contributed by atoms with Gasteiger partial charge in [0.05, 0.1) is 50.2 Å². The van der Waals surface area contributed by atoms with Crippen LogP contribution in [0.2, 0.25) is 0 Å². The number of anilines is 2. The maximum Gasteiger partial charge on any atom is 0.229 e. The summed E-state index contributed by atoms with van der Waals surface area (Å²) in [6, 6.07) is 10.1. The topological polar surface area (TPSA) is 93.1 Å². The molecule has 3 fully saturated rings. The van der Waals surface area contributed by atoms with Gasteiger partial charge in [0.25, 0.3) is 0 Å². The molecule has 9 heteroatoms. The first-order chi connectivity index (χ1) is 16.6. The quantitative estimate of drug-likeness (QED) is 0.539. The summed E-state index contributed by atoms with van der Waals surface area (Å²) >= 11 is 0. The fourth-order valence-corrected chi connectivity index (χ4v) is 4.73. The number of ether oxygens (including phenoxy) is 3. The Kier molecular flexibility index (Phi) is 6.49. The zero-order valence-corrected chi connectivity index (χ0v) is 19.9. The van der Waals surface area contributed by atoms with Crippen LogP contribution in [-0.4, -0.2) is 79.8 Å². The summed E-state index contributed by atoms with van der Waals surface area (Å²) in [4.78, 5) is 19.1. The van der Waals surface area contributed by atoms with Crippen LogP contribution in [0.5, 0.6) is 5.75 Å². The first-order valence-corrected chi connectivity index (χ1v) is 11.7. The molecule has 5 heterocycles. The Hall–Kier alpha value is -3.01. The second-order valence-corrected chi connectivity index (χ2v) is 8.85. The first-order valence-electron chi connectivity index (χ1n) is 11.7. The van der Waals surface area contributed by atoms with E-state index in [1.807, 2.05) is 36.2 Å². The summed E-state index contributed by atoms with van der Waals surface area (Å²) in [7, 11) is 5.26. The van der Waals surface area contributed by atoms with Crippen LogP contribution in [-0.2, 0) is 16.1 Å². The fraction of sp³-hybridized carbons (Fsp3) is 0.480. The summed E-state index contributed by atoms with van der Waals surface area (Å²) in [6.07, 6.45) is 2.44. The maximum absolute atomic E-state index is 9.74. The molecule has 2 bridgehead atoms. The van der Waals surface area contributed by atoms with Gasteiger partial charge < -0.3 is 29.1 Å². The smallest absolute Gasteiger partial charge is 0.229 e. The molecule has 3 aliphatic heterocycles. The summed E-state index contributed by atoms with van der Waals surface area (Å²) in [5.41, 5.74) is 3.04. The van der Waals surface area contributed by atoms with Crippen LogP contribution in [0.25, 0.3) is 22.3 Å². The Morgan fingerprint density at radius 1 is 1.15 bits per heavy atom. The Labute approximate surface area is 199 Å². The van der Waals surface area contributed by atoms with Crippen LogP contribution in [0.3, 0.4) is 0 Å². The van der Waals surface area contributed by atoms with E-state index in [0.29, 0.717) is 36.5 Å². The molecular weight excluding hydrogens is 434 g/mol. The van der Waals surface area contributed by atoms with Gasteiger partial charge in [-0.15, -0.1) is 0 Å². The van der Waals surface area contributed by atoms with Crippen molar-refractivity contribution in [3.63, 3.8) is 0 Å². The van der Waals surface area contributed by atoms with Gasteiger partial charge >= 0.3 is 0 Å². The highest BCUT2D eigenvalue weighted by molar-refractivity contribution is 5.90. The number of nitrogens with zero attached hydrogens (tertiary/aromatic N) is 5. The van der Waals surface area contributed by atoms with E-state index in [2.05, 4.69) is 11.0 Å². The van der Waals surface area contributed by atoms with E-state index in [1.165, 1.54) is 0 Å². The van der Waals surface area contributed by atoms with Crippen molar-refractivity contribution >= 4 is 22.8 Å². The van der Waals surface area contributed by atoms with Gasteiger partial charge in [0.1, 0.15) is 11.6 Å². The third-order valence-electron chi connectivity index (χ3n) is 6.71. The Morgan fingerprint density at radius 3 is 2.71 bits per heavy atom. The number of fused-ring (bicyclic) bond motifs is 4. The lowest BCUT2D eigenvalue weighted by atomic mass is 9.97. The number of aliphatic hydroxyl groups is 1. The summed E-state index contributed by atoms with van der Waals surface area (Å²) in [6.45, 7) is 2.71. The molecule has 6 rings (SSSR count). The minimum Gasteiger partial charge on any atom is -0.496 e. The van der Waals surface area contributed by atoms with E-state index in [0.717, 1.165) is 54.0 Å². The number of morpholine rings is 1. The van der Waals surface area contributed by atoms with Crippen molar-refractivity contribution in [1.82, 2.24) is 15.0 Å². The standard InChI is InChI=1S/C25H31N5O4/c1-29(10-11-32-2)25-27-23-20(24(28-25)30-13-19-6-5-18(30)15-34-19)7-8-21(26-23)16-4-9-22(33-3)17(12-16)14-31/h4,7-9,12,18-19,31H,5-6,10-11,13-15H2,1-3H3. The van der Waals surface area contributed by atoms with E-state index in [4.69, 9.17) is 29.2 Å². The number of piperidine rings is 1. The normalized spacial score (nSPS) is 19.6. The molecule has 3 aromatic rings. The van der Waals surface area contributed by atoms with Crippen molar-refractivity contribution in [2.75, 3.05) is 57.4 Å². The van der Waals surface area contributed by atoms with Crippen LogP contribution in [0.15, 0.2) is 30.3 Å². The second-order valence-electron chi connectivity index (χ2n) is 8.85. The molecule has 2 atom stereocenters. The molecule has 0 aliphatic carbocycles. The van der Waals surface area contributed by atoms with Gasteiger partial charge in [-0.3, -0.25) is 0 Å². The molecule has 2 unspecified atom stereocenters. The van der Waals surface area contributed by atoms with E-state index in [-0.39, 0.29) is 12.7 Å². The molecule has 1 N–H and O–H groups in total. The summed E-state index contributed by atoms with van der Waals surface area (Å²) < 4.78 is 16.5. The molecule has 0 saturated carbocycles. The monoisotopic (exact) mass is 465 g/mol. The number of hydrogen-bond donors (Lipinski definition) is 1. The Bertz CT molecular complexity index is 1170. The second kappa shape index (κ2) is 9.69. The largest absolute Gasteiger partial charge is 0.496 e. The van der Waals surface area contributed by atoms with Gasteiger partial charge in [-0.2, -0.15) is 9.97 Å². The highest BCUT2D eigenvalue weighted by Gasteiger charge is 2.36. The van der Waals surface area contributed by atoms with Gasteiger partial charge in [0, 0.05) is 38.4 Å². The molecule has 9 nitrogen and oxygen atoms in total. The van der Waals surface area contributed by atoms with Crippen molar-refractivity contribution < 1.29 is 19.3 Å². The molecular formula is C25H31N5O4. The van der Waals surface area contributed by atoms with Crippen molar-refractivity contribution in [2.45, 2.75) is 31.6 Å². The predicted molar refractivity (Wildman–Crippen MR) is 130 cm³/mol. The average Bonchev–Trinajstić information content (AvgIpc) is 2.90. The molecule has 0 amide bonds. The van der Waals surface area contributed by atoms with Crippen LogP contribution >= 0.6 is 0 Å². The van der Waals surface area contributed by atoms with Crippen LogP contribution in [0.1, 0.15) is 18.4 Å². The zero-order chi connectivity index (χ0) is 23.7. The molecule has 0 radical (unpaired) electrons. The summed E-state index contributed by atoms with van der Waals surface area (Å²) in [5.74, 6) is 2.19. The van der Waals surface area contributed by atoms with E-state index in [9.17, 15) is 5.11 Å². The minimum absolute atomic E-state index is 0.106. The number of methoxy groups -OCH3 is 2. The van der Waals surface area contributed by atoms with Crippen molar-refractivity contribution in [1.29, 1.82) is 0 Å². The van der Waals surface area contributed by atoms with E-state index in [1.54, 1.807) is 14.2 Å². The van der Waals surface area contributed by atoms with Gasteiger partial charge in [0.15, 0.2) is 5.65 Å². The highest BCUT2D eigenvalue weighted by atomic mass is 16.5. The van der Waals surface area contributed by atoms with E-state index < -0.39 is 0 Å². The Balaban J connectivity index is 1.60. The number of likely N-dealkylation sites (N-methyl/N-ethyl adjacent to an activating group) is 1. The average molecular weight is 466 g/mol. The summed E-state index contributed by atoms with van der Waals surface area (Å²) in [5, 5.41) is 10.7. The zero-order valence-electron chi connectivity index (χ0n) is 19.9. The predicted octanol–water partition coefficient (Wildman–Crippen LogP) is 2.64. The number of hydrogen-bond acceptors (Lipinski definition) is 9. The van der Waals surface area contributed by atoms with Crippen molar-refractivity contribution in [3.05, 3.63) is 35.9 Å². The SMILES string of the molecule is COCCN(C)c1nc(N2CC3CCC2CO3)c2ccc(-c3ccc(OC)c(CO)c3)nc2n1. The van der Waals surface area contributed by atoms with Crippen LogP contribution in [0, 0.1) is 0 Å². The lowest BCUT2D eigenvalue weighted by Crippen LogP contribution is -2.55. The number of rotatable bonds is 8. The van der Waals surface area contributed by atoms with Gasteiger partial charge in [-0.25, -0.2) is 4.98 Å². The van der Waals surface area contributed by atoms with E-state index >= 15 is 0 Å². The van der Waals surface area contributed by atoms with Gasteiger partial charge in [0.2, 0.25) is 5.95 Å². The van der Waals surface area contributed by atoms with Crippen molar-refractivity contribution in [3.8, 4) is 17.0 Å². The number of benzene rings is 1. The number of pyridine rings is 1. The highest BCUT2D eigenvalue weighted by Crippen LogP contribution is 2.35. The maximum atomic E-state index is 9.74. The molecule has 3 aliphatic rings. The Morgan fingerprint density at radius 2 is 2.03 bits per heavy atom. The van der Waals surface area contributed by atoms with Crippen molar-refractivity contribution in [2.24, 2.45) is 0 Å². The lowest BCUT2D eigenvalue weighted by Gasteiger charge is -2.46. The minimum atomic E-state index is -0.106. The third kappa shape index (κ3) is 4.26. The third-order valence-corrected chi connectivity index (χ3v) is 6.71. The lowest BCUT2D eigenvalue weighted by molar-refractivity contribution is -0.0227. The number of aliphatic hydroxyl groups excluding tert-OH is 1. The van der Waals surface area contributed by atoms with Crippen LogP contribution < -0.4 is 14.5 Å². The fourth-order valence-electron chi connectivity index (χ4n) is 4.73. The number of aromatic nitrogens is 3. The molecule has 34 heavy (non-hydrogen) atoms. The molecule has 1 aromatic carbocycles.